The number of allylic oxidation sites excluding steroid dienone is 18. The van der Waals surface area contributed by atoms with Crippen molar-refractivity contribution in [1.82, 2.24) is 0 Å². The molecule has 1 atom stereocenters. The molecule has 0 amide bonds. The van der Waals surface area contributed by atoms with E-state index >= 15 is 0 Å². The number of carbonyl (C=O) groups excluding carboxylic acids is 3. The zero-order valence-corrected chi connectivity index (χ0v) is 44.1. The Morgan fingerprint density at radius 1 is 0.309 bits per heavy atom. The molecule has 0 aliphatic rings. The van der Waals surface area contributed by atoms with E-state index in [-0.39, 0.29) is 37.5 Å². The predicted molar refractivity (Wildman–Crippen MR) is 293 cm³/mol. The first-order valence-corrected chi connectivity index (χ1v) is 27.9. The summed E-state index contributed by atoms with van der Waals surface area (Å²) in [5, 5.41) is 0. The van der Waals surface area contributed by atoms with Crippen molar-refractivity contribution in [3.8, 4) is 0 Å². The number of hydrogen-bond donors (Lipinski definition) is 0. The highest BCUT2D eigenvalue weighted by molar-refractivity contribution is 5.71. The van der Waals surface area contributed by atoms with Crippen LogP contribution in [0.1, 0.15) is 245 Å². The van der Waals surface area contributed by atoms with Crippen molar-refractivity contribution in [1.29, 1.82) is 0 Å². The van der Waals surface area contributed by atoms with Crippen molar-refractivity contribution in [2.24, 2.45) is 0 Å². The van der Waals surface area contributed by atoms with Crippen LogP contribution in [0.2, 0.25) is 0 Å². The number of rotatable bonds is 49. The van der Waals surface area contributed by atoms with Crippen molar-refractivity contribution in [2.45, 2.75) is 252 Å². The summed E-state index contributed by atoms with van der Waals surface area (Å²) in [5.74, 6) is -1.00. The highest BCUT2D eigenvalue weighted by Crippen LogP contribution is 2.14. The van der Waals surface area contributed by atoms with Crippen LogP contribution in [0, 0.1) is 0 Å². The van der Waals surface area contributed by atoms with E-state index in [1.54, 1.807) is 0 Å². The minimum absolute atomic E-state index is 0.110. The van der Waals surface area contributed by atoms with Crippen LogP contribution in [0.4, 0.5) is 0 Å². The number of carbonyl (C=O) groups is 3. The number of unbranched alkanes of at least 4 members (excludes halogenated alkanes) is 20. The zero-order valence-electron chi connectivity index (χ0n) is 44.1. The van der Waals surface area contributed by atoms with Gasteiger partial charge in [-0.3, -0.25) is 14.4 Å². The molecule has 0 saturated heterocycles. The number of ether oxygens (including phenoxy) is 3. The van der Waals surface area contributed by atoms with Crippen LogP contribution in [0.15, 0.2) is 109 Å². The summed E-state index contributed by atoms with van der Waals surface area (Å²) in [6, 6.07) is 0. The summed E-state index contributed by atoms with van der Waals surface area (Å²) in [4.78, 5) is 38.1. The van der Waals surface area contributed by atoms with Crippen molar-refractivity contribution < 1.29 is 28.6 Å². The first kappa shape index (κ1) is 64.1. The van der Waals surface area contributed by atoms with Crippen LogP contribution < -0.4 is 0 Å². The zero-order chi connectivity index (χ0) is 49.3. The molecule has 0 heterocycles. The van der Waals surface area contributed by atoms with E-state index in [1.165, 1.54) is 96.3 Å². The van der Waals surface area contributed by atoms with Gasteiger partial charge in [-0.05, 0) is 103 Å². The van der Waals surface area contributed by atoms with Gasteiger partial charge in [-0.2, -0.15) is 0 Å². The molecule has 0 spiro atoms. The Labute approximate surface area is 419 Å². The average Bonchev–Trinajstić information content (AvgIpc) is 3.34. The smallest absolute Gasteiger partial charge is 0.306 e. The molecule has 0 radical (unpaired) electrons. The molecule has 0 unspecified atom stereocenters. The lowest BCUT2D eigenvalue weighted by Crippen LogP contribution is -2.30. The molecule has 0 aromatic carbocycles. The Morgan fingerprint density at radius 2 is 0.588 bits per heavy atom. The molecule has 0 N–H and O–H groups in total. The lowest BCUT2D eigenvalue weighted by atomic mass is 10.0. The first-order valence-electron chi connectivity index (χ1n) is 27.9. The van der Waals surface area contributed by atoms with Gasteiger partial charge in [0.2, 0.25) is 0 Å². The van der Waals surface area contributed by atoms with Crippen LogP contribution >= 0.6 is 0 Å². The van der Waals surface area contributed by atoms with E-state index in [1.807, 2.05) is 0 Å². The highest BCUT2D eigenvalue weighted by atomic mass is 16.6. The van der Waals surface area contributed by atoms with Crippen LogP contribution in [-0.2, 0) is 28.6 Å². The molecule has 0 aliphatic heterocycles. The highest BCUT2D eigenvalue weighted by Gasteiger charge is 2.19. The monoisotopic (exact) mass is 943 g/mol. The van der Waals surface area contributed by atoms with E-state index in [0.29, 0.717) is 19.3 Å². The first-order chi connectivity index (χ1) is 33.5. The molecular weight excluding hydrogens is 841 g/mol. The molecule has 0 bridgehead atoms. The fourth-order valence-corrected chi connectivity index (χ4v) is 7.34. The minimum Gasteiger partial charge on any atom is -0.462 e. The van der Waals surface area contributed by atoms with Gasteiger partial charge in [-0.1, -0.05) is 233 Å². The minimum atomic E-state index is -0.821. The third-order valence-electron chi connectivity index (χ3n) is 11.5. The van der Waals surface area contributed by atoms with Crippen molar-refractivity contribution in [2.75, 3.05) is 13.2 Å². The Bertz CT molecular complexity index is 1410. The van der Waals surface area contributed by atoms with Gasteiger partial charge >= 0.3 is 17.9 Å². The lowest BCUT2D eigenvalue weighted by Gasteiger charge is -2.18. The van der Waals surface area contributed by atoms with Gasteiger partial charge in [-0.15, -0.1) is 0 Å². The molecule has 6 heteroatoms. The van der Waals surface area contributed by atoms with Crippen LogP contribution in [0.5, 0.6) is 0 Å². The standard InChI is InChI=1S/C62H102O6/c1-4-7-10-13-16-19-22-25-28-30-31-33-34-37-40-43-46-49-52-55-61(64)67-58-59(57-66-60(63)54-51-48-45-42-39-36-27-24-21-18-15-12-9-6-3)68-62(65)56-53-50-47-44-41-38-35-32-29-26-23-20-17-14-11-8-5-2/h7,10,16-17,19-20,25-26,28-29,31,33,35,37-38,40,44,47,59H,4-6,8-9,11-15,18,21-24,27,30,32,34,36,39,41-43,45-46,48-58H2,1-3H3/b10-7+,19-16+,20-17+,28-25+,29-26+,33-31+,38-35+,40-37+,47-44+/t59-/m1/s1. The van der Waals surface area contributed by atoms with Crippen molar-refractivity contribution in [3.05, 3.63) is 109 Å². The summed E-state index contributed by atoms with van der Waals surface area (Å²) in [5.41, 5.74) is 0. The summed E-state index contributed by atoms with van der Waals surface area (Å²) >= 11 is 0. The summed E-state index contributed by atoms with van der Waals surface area (Å²) in [6.07, 6.45) is 75.1. The molecule has 0 aromatic rings. The topological polar surface area (TPSA) is 78.9 Å². The summed E-state index contributed by atoms with van der Waals surface area (Å²) in [6.45, 7) is 6.42. The Kier molecular flexibility index (Phi) is 52.4. The van der Waals surface area contributed by atoms with Gasteiger partial charge in [0, 0.05) is 19.3 Å². The summed E-state index contributed by atoms with van der Waals surface area (Å²) in [7, 11) is 0. The van der Waals surface area contributed by atoms with E-state index in [4.69, 9.17) is 14.2 Å². The molecule has 0 fully saturated rings. The van der Waals surface area contributed by atoms with E-state index < -0.39 is 6.10 Å². The summed E-state index contributed by atoms with van der Waals surface area (Å²) < 4.78 is 16.8. The van der Waals surface area contributed by atoms with Crippen molar-refractivity contribution in [3.63, 3.8) is 0 Å². The molecule has 0 saturated carbocycles. The lowest BCUT2D eigenvalue weighted by molar-refractivity contribution is -0.167. The quantitative estimate of drug-likeness (QED) is 0.0262. The second kappa shape index (κ2) is 55.7. The van der Waals surface area contributed by atoms with E-state index in [9.17, 15) is 14.4 Å². The van der Waals surface area contributed by atoms with E-state index in [0.717, 1.165) is 103 Å². The maximum Gasteiger partial charge on any atom is 0.306 e. The van der Waals surface area contributed by atoms with Gasteiger partial charge in [0.1, 0.15) is 13.2 Å². The third-order valence-corrected chi connectivity index (χ3v) is 11.5. The van der Waals surface area contributed by atoms with Gasteiger partial charge in [0.25, 0.3) is 0 Å². The van der Waals surface area contributed by atoms with Crippen molar-refractivity contribution >= 4 is 17.9 Å². The third kappa shape index (κ3) is 53.0. The van der Waals surface area contributed by atoms with Gasteiger partial charge in [-0.25, -0.2) is 0 Å². The number of hydrogen-bond acceptors (Lipinski definition) is 6. The maximum absolute atomic E-state index is 12.8. The maximum atomic E-state index is 12.8. The molecule has 0 aromatic heterocycles. The van der Waals surface area contributed by atoms with Crippen LogP contribution in [0.25, 0.3) is 0 Å². The fourth-order valence-electron chi connectivity index (χ4n) is 7.34. The van der Waals surface area contributed by atoms with Crippen LogP contribution in [-0.4, -0.2) is 37.2 Å². The van der Waals surface area contributed by atoms with Gasteiger partial charge in [0.05, 0.1) is 0 Å². The second-order valence-corrected chi connectivity index (χ2v) is 18.1. The van der Waals surface area contributed by atoms with Gasteiger partial charge < -0.3 is 14.2 Å². The predicted octanol–water partition coefficient (Wildman–Crippen LogP) is 18.7. The SMILES string of the molecule is CC/C=C/C/C=C/C/C=C/C/C=C/C/C=C/CCCCCC(=O)OC[C@@H](COC(=O)CCCCCCCCCCCCCCCC)OC(=O)CCC/C=C/C/C=C/C/C=C/C/C=C/CCCCC. The van der Waals surface area contributed by atoms with Gasteiger partial charge in [0.15, 0.2) is 6.10 Å². The Hall–Kier alpha value is -3.93. The molecule has 386 valence electrons. The fraction of sp³-hybridized carbons (Fsp3) is 0.661. The molecular formula is C62H102O6. The molecule has 0 rings (SSSR count). The molecule has 0 aliphatic carbocycles. The Balaban J connectivity index is 4.54. The average molecular weight is 943 g/mol. The number of esters is 3. The van der Waals surface area contributed by atoms with E-state index in [2.05, 4.69) is 130 Å². The normalized spacial score (nSPS) is 12.9. The molecule has 68 heavy (non-hydrogen) atoms. The molecule has 6 nitrogen and oxygen atoms in total. The second-order valence-electron chi connectivity index (χ2n) is 18.1. The Morgan fingerprint density at radius 3 is 0.971 bits per heavy atom. The van der Waals surface area contributed by atoms with Crippen LogP contribution in [0.3, 0.4) is 0 Å². The largest absolute Gasteiger partial charge is 0.462 e.